The lowest BCUT2D eigenvalue weighted by atomic mass is 10.1. The summed E-state index contributed by atoms with van der Waals surface area (Å²) in [7, 11) is 0. The molecule has 3 rings (SSSR count). The summed E-state index contributed by atoms with van der Waals surface area (Å²) in [6.07, 6.45) is -3.03. The van der Waals surface area contributed by atoms with Crippen molar-refractivity contribution in [2.24, 2.45) is 17.8 Å². The molecule has 2 atom stereocenters. The number of halogens is 3. The molecule has 7 nitrogen and oxygen atoms in total. The van der Waals surface area contributed by atoms with Gasteiger partial charge in [-0.15, -0.1) is 0 Å². The molecule has 1 aliphatic carbocycles. The molecule has 0 spiro atoms. The van der Waals surface area contributed by atoms with Crippen molar-refractivity contribution in [1.29, 1.82) is 0 Å². The summed E-state index contributed by atoms with van der Waals surface area (Å²) in [4.78, 5) is 30.0. The van der Waals surface area contributed by atoms with Crippen molar-refractivity contribution in [3.05, 3.63) is 24.0 Å². The summed E-state index contributed by atoms with van der Waals surface area (Å²) >= 11 is 0. The third-order valence-electron chi connectivity index (χ3n) is 5.29. The number of hydrogen-bond donors (Lipinski definition) is 1. The molecule has 1 saturated heterocycles. The summed E-state index contributed by atoms with van der Waals surface area (Å²) in [6.45, 7) is 9.54. The van der Waals surface area contributed by atoms with E-state index < -0.39 is 22.9 Å². The lowest BCUT2D eigenvalue weighted by molar-refractivity contribution is -0.139. The molecular weight excluding hydrogens is 415 g/mol. The van der Waals surface area contributed by atoms with Crippen LogP contribution in [0.4, 0.5) is 18.0 Å². The van der Waals surface area contributed by atoms with Gasteiger partial charge in [0.2, 0.25) is 5.91 Å². The molecule has 2 aliphatic rings. The second-order valence-corrected chi connectivity index (χ2v) is 9.77. The van der Waals surface area contributed by atoms with Gasteiger partial charge in [-0.25, -0.2) is 4.79 Å². The molecule has 0 aromatic carbocycles. The van der Waals surface area contributed by atoms with E-state index in [0.29, 0.717) is 19.3 Å². The minimum atomic E-state index is -4.58. The normalized spacial score (nSPS) is 23.2. The minimum Gasteiger partial charge on any atom is -0.490 e. The average Bonchev–Trinajstić information content (AvgIpc) is 3.12. The molecule has 2 amide bonds. The van der Waals surface area contributed by atoms with Crippen LogP contribution in [0.5, 0.6) is 5.75 Å². The predicted octanol–water partition coefficient (Wildman–Crippen LogP) is 3.49. The van der Waals surface area contributed by atoms with Crippen LogP contribution in [0.1, 0.15) is 40.2 Å². The third kappa shape index (κ3) is 5.59. The summed E-state index contributed by atoms with van der Waals surface area (Å²) in [5.41, 5.74) is -2.42. The second kappa shape index (κ2) is 7.87. The summed E-state index contributed by atoms with van der Waals surface area (Å²) in [5, 5.41) is 2.86. The van der Waals surface area contributed by atoms with Crippen LogP contribution < -0.4 is 10.1 Å². The van der Waals surface area contributed by atoms with E-state index in [1.165, 1.54) is 6.20 Å². The van der Waals surface area contributed by atoms with E-state index in [9.17, 15) is 22.8 Å². The van der Waals surface area contributed by atoms with Crippen LogP contribution in [0.3, 0.4) is 0 Å². The number of piperidine rings is 1. The van der Waals surface area contributed by atoms with Crippen LogP contribution in [-0.4, -0.2) is 52.7 Å². The number of rotatable bonds is 5. The van der Waals surface area contributed by atoms with Crippen molar-refractivity contribution >= 4 is 12.0 Å². The zero-order chi connectivity index (χ0) is 23.2. The first-order chi connectivity index (χ1) is 14.2. The van der Waals surface area contributed by atoms with E-state index in [0.717, 1.165) is 6.07 Å². The first-order valence-corrected chi connectivity index (χ1v) is 10.1. The second-order valence-electron chi connectivity index (χ2n) is 9.77. The lowest BCUT2D eigenvalue weighted by Gasteiger charge is -2.28. The van der Waals surface area contributed by atoms with Gasteiger partial charge in [-0.1, -0.05) is 0 Å². The number of likely N-dealkylation sites (tertiary alicyclic amines) is 1. The smallest absolute Gasteiger partial charge is 0.421 e. The van der Waals surface area contributed by atoms with Crippen LogP contribution in [0, 0.1) is 17.8 Å². The van der Waals surface area contributed by atoms with Gasteiger partial charge in [-0.3, -0.25) is 9.78 Å². The van der Waals surface area contributed by atoms with Gasteiger partial charge in [0.25, 0.3) is 0 Å². The maximum Gasteiger partial charge on any atom is 0.421 e. The van der Waals surface area contributed by atoms with Crippen molar-refractivity contribution in [2.45, 2.75) is 51.9 Å². The quantitative estimate of drug-likeness (QED) is 0.754. The zero-order valence-electron chi connectivity index (χ0n) is 18.2. The van der Waals surface area contributed by atoms with Gasteiger partial charge in [-0.2, -0.15) is 13.2 Å². The molecule has 1 saturated carbocycles. The molecular formula is C21H28F3N3O4. The largest absolute Gasteiger partial charge is 0.490 e. The van der Waals surface area contributed by atoms with Gasteiger partial charge in [-0.05, 0) is 52.5 Å². The number of carbonyl (C=O) groups excluding carboxylic acids is 2. The van der Waals surface area contributed by atoms with Crippen LogP contribution in [0.25, 0.3) is 0 Å². The maximum atomic E-state index is 13.1. The number of hydrogen-bond acceptors (Lipinski definition) is 5. The molecule has 2 fully saturated rings. The number of alkyl halides is 3. The molecule has 10 heteroatoms. The number of carbonyl (C=O) groups is 2. The van der Waals surface area contributed by atoms with E-state index in [2.05, 4.69) is 10.3 Å². The average molecular weight is 443 g/mol. The number of nitrogens with one attached hydrogen (secondary N) is 1. The maximum absolute atomic E-state index is 13.1. The minimum absolute atomic E-state index is 0.0706. The highest BCUT2D eigenvalue weighted by molar-refractivity contribution is 5.84. The van der Waals surface area contributed by atoms with Crippen LogP contribution in [-0.2, 0) is 15.7 Å². The van der Waals surface area contributed by atoms with Gasteiger partial charge in [0.05, 0.1) is 5.54 Å². The van der Waals surface area contributed by atoms with Crippen molar-refractivity contribution in [3.63, 3.8) is 0 Å². The molecule has 1 aliphatic heterocycles. The van der Waals surface area contributed by atoms with E-state index in [4.69, 9.17) is 9.47 Å². The Kier molecular flexibility index (Phi) is 5.88. The van der Waals surface area contributed by atoms with Gasteiger partial charge >= 0.3 is 12.3 Å². The van der Waals surface area contributed by atoms with E-state index in [-0.39, 0.29) is 42.1 Å². The van der Waals surface area contributed by atoms with Gasteiger partial charge in [0.1, 0.15) is 23.5 Å². The third-order valence-corrected chi connectivity index (χ3v) is 5.29. The van der Waals surface area contributed by atoms with Crippen molar-refractivity contribution in [3.8, 4) is 5.75 Å². The highest BCUT2D eigenvalue weighted by atomic mass is 19.4. The topological polar surface area (TPSA) is 80.8 Å². The number of nitrogens with zero attached hydrogens (tertiary/aromatic N) is 2. The fourth-order valence-corrected chi connectivity index (χ4v) is 3.82. The van der Waals surface area contributed by atoms with E-state index in [1.54, 1.807) is 39.5 Å². The molecule has 0 bridgehead atoms. The van der Waals surface area contributed by atoms with Crippen molar-refractivity contribution in [2.75, 3.05) is 19.7 Å². The first-order valence-electron chi connectivity index (χ1n) is 10.1. The monoisotopic (exact) mass is 443 g/mol. The fourth-order valence-electron chi connectivity index (χ4n) is 3.82. The summed E-state index contributed by atoms with van der Waals surface area (Å²) in [6, 6.07) is 1.15. The summed E-state index contributed by atoms with van der Waals surface area (Å²) < 4.78 is 50.0. The number of fused-ring (bicyclic) bond motifs is 1. The molecule has 1 N–H and O–H groups in total. The Morgan fingerprint density at radius 2 is 1.77 bits per heavy atom. The Labute approximate surface area is 179 Å². The van der Waals surface area contributed by atoms with E-state index >= 15 is 0 Å². The fraction of sp³-hybridized carbons (Fsp3) is 0.667. The Hall–Kier alpha value is -2.52. The predicted molar refractivity (Wildman–Crippen MR) is 105 cm³/mol. The van der Waals surface area contributed by atoms with Crippen LogP contribution in [0.2, 0.25) is 0 Å². The number of aromatic nitrogens is 1. The Morgan fingerprint density at radius 1 is 1.16 bits per heavy atom. The SMILES string of the molecule is CC(C)(COc1ccncc1C(F)(F)F)NC(=O)C1C2CN(C(=O)OC(C)(C)C)CC21. The Balaban J connectivity index is 1.51. The molecule has 172 valence electrons. The Morgan fingerprint density at radius 3 is 2.32 bits per heavy atom. The van der Waals surface area contributed by atoms with E-state index in [1.807, 2.05) is 0 Å². The van der Waals surface area contributed by atoms with Gasteiger partial charge in [0, 0.05) is 31.4 Å². The number of pyridine rings is 1. The Bertz CT molecular complexity index is 839. The highest BCUT2D eigenvalue weighted by Gasteiger charge is 2.61. The molecule has 0 radical (unpaired) electrons. The van der Waals surface area contributed by atoms with Crippen molar-refractivity contribution in [1.82, 2.24) is 15.2 Å². The lowest BCUT2D eigenvalue weighted by Crippen LogP contribution is -2.49. The molecule has 2 unspecified atom stereocenters. The molecule has 1 aromatic rings. The molecule has 31 heavy (non-hydrogen) atoms. The molecule has 2 heterocycles. The standard InChI is InChI=1S/C21H28F3N3O4/c1-19(2,3)31-18(29)27-9-12-13(10-27)16(12)17(28)26-20(4,5)11-30-15-6-7-25-8-14(15)21(22,23)24/h6-8,12-13,16H,9-11H2,1-5H3,(H,26,28). The highest BCUT2D eigenvalue weighted by Crippen LogP contribution is 2.52. The van der Waals surface area contributed by atoms with Crippen LogP contribution in [0.15, 0.2) is 18.5 Å². The first kappa shape index (κ1) is 23.1. The van der Waals surface area contributed by atoms with Crippen molar-refractivity contribution < 1.29 is 32.2 Å². The van der Waals surface area contributed by atoms with Gasteiger partial charge < -0.3 is 19.7 Å². The van der Waals surface area contributed by atoms with Crippen LogP contribution >= 0.6 is 0 Å². The number of amides is 2. The van der Waals surface area contributed by atoms with Gasteiger partial charge in [0.15, 0.2) is 0 Å². The summed E-state index contributed by atoms with van der Waals surface area (Å²) in [5.74, 6) is -0.591. The molecule has 1 aromatic heterocycles. The zero-order valence-corrected chi connectivity index (χ0v) is 18.2. The number of ether oxygens (including phenoxy) is 2.